The van der Waals surface area contributed by atoms with Gasteiger partial charge in [0.2, 0.25) is 5.91 Å². The van der Waals surface area contributed by atoms with Crippen molar-refractivity contribution in [2.24, 2.45) is 0 Å². The second kappa shape index (κ2) is 6.23. The Kier molecular flexibility index (Phi) is 4.64. The van der Waals surface area contributed by atoms with Gasteiger partial charge in [-0.15, -0.1) is 0 Å². The minimum atomic E-state index is 0.000417. The molecule has 0 bridgehead atoms. The van der Waals surface area contributed by atoms with Crippen LogP contribution in [0, 0.1) is 0 Å². The summed E-state index contributed by atoms with van der Waals surface area (Å²) in [5, 5.41) is 0.935. The van der Waals surface area contributed by atoms with Gasteiger partial charge < -0.3 is 4.90 Å². The molecular formula is C14H20N2OS. The fraction of sp³-hybridized carbons (Fsp3) is 0.571. The number of carbonyl (C=O) groups excluding carboxylic acids is 1. The highest BCUT2D eigenvalue weighted by atomic mass is 32.2. The van der Waals surface area contributed by atoms with Crippen molar-refractivity contribution in [3.05, 3.63) is 24.4 Å². The van der Waals surface area contributed by atoms with Crippen LogP contribution in [0.5, 0.6) is 0 Å². The SMILES string of the molecule is CCC(Sc1ccccn1)C(=O)N1CCCC1C. The van der Waals surface area contributed by atoms with E-state index in [1.807, 2.05) is 23.1 Å². The third-order valence-electron chi connectivity index (χ3n) is 3.38. The van der Waals surface area contributed by atoms with E-state index >= 15 is 0 Å². The number of nitrogens with zero attached hydrogens (tertiary/aromatic N) is 2. The van der Waals surface area contributed by atoms with Gasteiger partial charge in [-0.1, -0.05) is 24.8 Å². The summed E-state index contributed by atoms with van der Waals surface area (Å²) in [6, 6.07) is 6.23. The van der Waals surface area contributed by atoms with E-state index in [9.17, 15) is 4.79 Å². The summed E-state index contributed by atoms with van der Waals surface area (Å²) >= 11 is 1.58. The summed E-state index contributed by atoms with van der Waals surface area (Å²) in [5.41, 5.74) is 0. The van der Waals surface area contributed by atoms with E-state index in [2.05, 4.69) is 18.8 Å². The zero-order valence-electron chi connectivity index (χ0n) is 11.0. The first-order chi connectivity index (χ1) is 8.72. The first-order valence-electron chi connectivity index (χ1n) is 6.60. The minimum Gasteiger partial charge on any atom is -0.339 e. The average Bonchev–Trinajstić information content (AvgIpc) is 2.82. The van der Waals surface area contributed by atoms with E-state index in [-0.39, 0.29) is 11.2 Å². The fourth-order valence-corrected chi connectivity index (χ4v) is 3.29. The van der Waals surface area contributed by atoms with E-state index in [1.54, 1.807) is 18.0 Å². The molecule has 1 fully saturated rings. The van der Waals surface area contributed by atoms with Crippen molar-refractivity contribution in [1.29, 1.82) is 0 Å². The van der Waals surface area contributed by atoms with Crippen molar-refractivity contribution in [2.45, 2.75) is 49.4 Å². The lowest BCUT2D eigenvalue weighted by Gasteiger charge is -2.25. The molecule has 0 N–H and O–H groups in total. The number of amides is 1. The van der Waals surface area contributed by atoms with Gasteiger partial charge in [0.25, 0.3) is 0 Å². The number of hydrogen-bond donors (Lipinski definition) is 0. The van der Waals surface area contributed by atoms with Crippen molar-refractivity contribution < 1.29 is 4.79 Å². The summed E-state index contributed by atoms with van der Waals surface area (Å²) in [5.74, 6) is 0.276. The van der Waals surface area contributed by atoms with Crippen molar-refractivity contribution in [3.63, 3.8) is 0 Å². The Morgan fingerprint density at radius 2 is 2.44 bits per heavy atom. The van der Waals surface area contributed by atoms with Crippen molar-refractivity contribution >= 4 is 17.7 Å². The van der Waals surface area contributed by atoms with Gasteiger partial charge in [0.1, 0.15) is 0 Å². The third-order valence-corrected chi connectivity index (χ3v) is 4.69. The van der Waals surface area contributed by atoms with Crippen LogP contribution < -0.4 is 0 Å². The van der Waals surface area contributed by atoms with Crippen LogP contribution >= 0.6 is 11.8 Å². The maximum Gasteiger partial charge on any atom is 0.236 e. The Morgan fingerprint density at radius 3 is 3.00 bits per heavy atom. The molecule has 98 valence electrons. The number of thioether (sulfide) groups is 1. The van der Waals surface area contributed by atoms with Gasteiger partial charge in [-0.05, 0) is 38.3 Å². The molecule has 4 heteroatoms. The number of rotatable bonds is 4. The summed E-state index contributed by atoms with van der Waals surface area (Å²) in [6.07, 6.45) is 4.90. The molecule has 0 saturated carbocycles. The molecule has 1 amide bonds. The molecule has 2 heterocycles. The highest BCUT2D eigenvalue weighted by Gasteiger charge is 2.30. The van der Waals surface area contributed by atoms with Crippen LogP contribution in [0.4, 0.5) is 0 Å². The molecular weight excluding hydrogens is 244 g/mol. The number of carbonyl (C=O) groups is 1. The lowest BCUT2D eigenvalue weighted by atomic mass is 10.2. The van der Waals surface area contributed by atoms with Gasteiger partial charge >= 0.3 is 0 Å². The van der Waals surface area contributed by atoms with Crippen LogP contribution in [0.15, 0.2) is 29.4 Å². The lowest BCUT2D eigenvalue weighted by Crippen LogP contribution is -2.39. The molecule has 2 atom stereocenters. The van der Waals surface area contributed by atoms with E-state index in [0.717, 1.165) is 30.8 Å². The smallest absolute Gasteiger partial charge is 0.236 e. The van der Waals surface area contributed by atoms with Gasteiger partial charge in [0.05, 0.1) is 10.3 Å². The number of hydrogen-bond acceptors (Lipinski definition) is 3. The zero-order chi connectivity index (χ0) is 13.0. The predicted molar refractivity (Wildman–Crippen MR) is 74.6 cm³/mol. The van der Waals surface area contributed by atoms with Gasteiger partial charge in [0.15, 0.2) is 0 Å². The Bertz CT molecular complexity index is 396. The zero-order valence-corrected chi connectivity index (χ0v) is 11.8. The molecule has 0 aliphatic carbocycles. The van der Waals surface area contributed by atoms with Crippen LogP contribution in [0.3, 0.4) is 0 Å². The van der Waals surface area contributed by atoms with Crippen LogP contribution in [0.1, 0.15) is 33.1 Å². The van der Waals surface area contributed by atoms with E-state index < -0.39 is 0 Å². The quantitative estimate of drug-likeness (QED) is 0.784. The molecule has 0 aromatic carbocycles. The topological polar surface area (TPSA) is 33.2 Å². The molecule has 1 aliphatic rings. The van der Waals surface area contributed by atoms with Gasteiger partial charge in [-0.3, -0.25) is 4.79 Å². The van der Waals surface area contributed by atoms with Gasteiger partial charge in [-0.25, -0.2) is 4.98 Å². The normalized spacial score (nSPS) is 21.0. The first kappa shape index (κ1) is 13.4. The predicted octanol–water partition coefficient (Wildman–Crippen LogP) is 2.96. The number of likely N-dealkylation sites (tertiary alicyclic amines) is 1. The van der Waals surface area contributed by atoms with Gasteiger partial charge in [-0.2, -0.15) is 0 Å². The Labute approximate surface area is 113 Å². The Hall–Kier alpha value is -1.03. The molecule has 1 aliphatic heterocycles. The highest BCUT2D eigenvalue weighted by molar-refractivity contribution is 8.00. The molecule has 1 aromatic heterocycles. The summed E-state index contributed by atoms with van der Waals surface area (Å²) in [6.45, 7) is 5.13. The van der Waals surface area contributed by atoms with Crippen LogP contribution in [0.25, 0.3) is 0 Å². The molecule has 2 unspecified atom stereocenters. The second-order valence-corrected chi connectivity index (χ2v) is 5.93. The standard InChI is InChI=1S/C14H20N2OS/c1-3-12(18-13-8-4-5-9-15-13)14(17)16-10-6-7-11(16)2/h4-5,8-9,11-12H,3,6-7,10H2,1-2H3. The molecule has 3 nitrogen and oxygen atoms in total. The van der Waals surface area contributed by atoms with Crippen molar-refractivity contribution in [2.75, 3.05) is 6.54 Å². The lowest BCUT2D eigenvalue weighted by molar-refractivity contribution is -0.131. The first-order valence-corrected chi connectivity index (χ1v) is 7.48. The molecule has 2 rings (SSSR count). The maximum absolute atomic E-state index is 12.5. The molecule has 18 heavy (non-hydrogen) atoms. The van der Waals surface area contributed by atoms with E-state index in [4.69, 9.17) is 0 Å². The Balaban J connectivity index is 2.02. The highest BCUT2D eigenvalue weighted by Crippen LogP contribution is 2.27. The van der Waals surface area contributed by atoms with E-state index in [1.165, 1.54) is 0 Å². The monoisotopic (exact) mass is 264 g/mol. The fourth-order valence-electron chi connectivity index (χ4n) is 2.32. The summed E-state index contributed by atoms with van der Waals surface area (Å²) < 4.78 is 0. The minimum absolute atomic E-state index is 0.000417. The largest absolute Gasteiger partial charge is 0.339 e. The number of pyridine rings is 1. The molecule has 1 aromatic rings. The molecule has 1 saturated heterocycles. The molecule has 0 radical (unpaired) electrons. The molecule has 0 spiro atoms. The van der Waals surface area contributed by atoms with Crippen LogP contribution in [0.2, 0.25) is 0 Å². The van der Waals surface area contributed by atoms with E-state index in [0.29, 0.717) is 6.04 Å². The Morgan fingerprint density at radius 1 is 1.61 bits per heavy atom. The summed E-state index contributed by atoms with van der Waals surface area (Å²) in [4.78, 5) is 18.8. The average molecular weight is 264 g/mol. The number of aromatic nitrogens is 1. The van der Waals surface area contributed by atoms with Crippen LogP contribution in [-0.4, -0.2) is 33.6 Å². The summed E-state index contributed by atoms with van der Waals surface area (Å²) in [7, 11) is 0. The second-order valence-electron chi connectivity index (χ2n) is 4.71. The van der Waals surface area contributed by atoms with Crippen molar-refractivity contribution in [3.8, 4) is 0 Å². The van der Waals surface area contributed by atoms with Gasteiger partial charge in [0, 0.05) is 18.8 Å². The van der Waals surface area contributed by atoms with Crippen LogP contribution in [-0.2, 0) is 4.79 Å². The maximum atomic E-state index is 12.5. The van der Waals surface area contributed by atoms with Crippen molar-refractivity contribution in [1.82, 2.24) is 9.88 Å². The third kappa shape index (κ3) is 3.05.